The molecular formula is C21H32N2O4. The molecule has 0 aromatic heterocycles. The Balaban J connectivity index is 1.95. The van der Waals surface area contributed by atoms with Crippen molar-refractivity contribution in [2.75, 3.05) is 7.11 Å². The maximum atomic E-state index is 12.5. The molecule has 0 saturated heterocycles. The van der Waals surface area contributed by atoms with Crippen LogP contribution in [0.25, 0.3) is 0 Å². The van der Waals surface area contributed by atoms with Gasteiger partial charge >= 0.3 is 0 Å². The van der Waals surface area contributed by atoms with Crippen molar-refractivity contribution in [1.82, 2.24) is 10.6 Å². The van der Waals surface area contributed by atoms with Crippen LogP contribution in [0.3, 0.4) is 0 Å². The van der Waals surface area contributed by atoms with E-state index in [0.717, 1.165) is 31.2 Å². The Labute approximate surface area is 162 Å². The van der Waals surface area contributed by atoms with Gasteiger partial charge in [0.25, 0.3) is 0 Å². The van der Waals surface area contributed by atoms with Crippen molar-refractivity contribution in [3.05, 3.63) is 23.8 Å². The summed E-state index contributed by atoms with van der Waals surface area (Å²) in [7, 11) is 1.59. The van der Waals surface area contributed by atoms with Crippen LogP contribution in [0.2, 0.25) is 0 Å². The Morgan fingerprint density at radius 3 is 2.30 bits per heavy atom. The van der Waals surface area contributed by atoms with Crippen molar-refractivity contribution in [3.63, 3.8) is 0 Å². The van der Waals surface area contributed by atoms with Crippen LogP contribution in [0, 0.1) is 5.92 Å². The fraction of sp³-hybridized carbons (Fsp3) is 0.619. The van der Waals surface area contributed by atoms with E-state index >= 15 is 0 Å². The molecule has 2 N–H and O–H groups in total. The van der Waals surface area contributed by atoms with Gasteiger partial charge in [0, 0.05) is 5.92 Å². The SMILES string of the molecule is COc1cc(C(C)NC(=O)C(C)NC(=O)C2CCCC2)ccc1OC(C)C. The summed E-state index contributed by atoms with van der Waals surface area (Å²) in [5, 5.41) is 5.79. The van der Waals surface area contributed by atoms with Gasteiger partial charge in [-0.15, -0.1) is 0 Å². The summed E-state index contributed by atoms with van der Waals surface area (Å²) in [5.41, 5.74) is 0.908. The number of methoxy groups -OCH3 is 1. The summed E-state index contributed by atoms with van der Waals surface area (Å²) in [6, 6.07) is 4.84. The van der Waals surface area contributed by atoms with Gasteiger partial charge < -0.3 is 20.1 Å². The Kier molecular flexibility index (Phi) is 7.51. The average molecular weight is 376 g/mol. The minimum absolute atomic E-state index is 0.0142. The molecule has 1 aromatic rings. The number of benzene rings is 1. The second-order valence-electron chi connectivity index (χ2n) is 7.52. The summed E-state index contributed by atoms with van der Waals surface area (Å²) in [5.74, 6) is 1.14. The quantitative estimate of drug-likeness (QED) is 0.729. The topological polar surface area (TPSA) is 76.7 Å². The third kappa shape index (κ3) is 5.88. The maximum absolute atomic E-state index is 12.5. The molecule has 0 bridgehead atoms. The van der Waals surface area contributed by atoms with Crippen LogP contribution in [0.5, 0.6) is 11.5 Å². The normalized spacial score (nSPS) is 16.7. The number of amides is 2. The summed E-state index contributed by atoms with van der Waals surface area (Å²) in [4.78, 5) is 24.7. The highest BCUT2D eigenvalue weighted by atomic mass is 16.5. The molecule has 0 heterocycles. The van der Waals surface area contributed by atoms with Gasteiger partial charge in [0.1, 0.15) is 6.04 Å². The van der Waals surface area contributed by atoms with Crippen LogP contribution < -0.4 is 20.1 Å². The van der Waals surface area contributed by atoms with Crippen LogP contribution in [-0.4, -0.2) is 31.1 Å². The molecule has 6 nitrogen and oxygen atoms in total. The van der Waals surface area contributed by atoms with Gasteiger partial charge in [-0.1, -0.05) is 18.9 Å². The van der Waals surface area contributed by atoms with Crippen molar-refractivity contribution >= 4 is 11.8 Å². The van der Waals surface area contributed by atoms with E-state index in [1.807, 2.05) is 39.0 Å². The van der Waals surface area contributed by atoms with Gasteiger partial charge in [0.05, 0.1) is 19.3 Å². The van der Waals surface area contributed by atoms with Crippen LogP contribution in [0.4, 0.5) is 0 Å². The first-order valence-electron chi connectivity index (χ1n) is 9.77. The molecule has 2 rings (SSSR count). The lowest BCUT2D eigenvalue weighted by atomic mass is 10.1. The molecule has 1 fully saturated rings. The molecule has 1 saturated carbocycles. The van der Waals surface area contributed by atoms with E-state index in [1.54, 1.807) is 14.0 Å². The second kappa shape index (κ2) is 9.62. The van der Waals surface area contributed by atoms with Crippen molar-refractivity contribution in [2.45, 2.75) is 71.6 Å². The van der Waals surface area contributed by atoms with Gasteiger partial charge in [-0.05, 0) is 58.2 Å². The summed E-state index contributed by atoms with van der Waals surface area (Å²) >= 11 is 0. The van der Waals surface area contributed by atoms with Crippen LogP contribution in [0.1, 0.15) is 65.0 Å². The van der Waals surface area contributed by atoms with Gasteiger partial charge in [-0.3, -0.25) is 9.59 Å². The second-order valence-corrected chi connectivity index (χ2v) is 7.52. The van der Waals surface area contributed by atoms with Gasteiger partial charge in [-0.25, -0.2) is 0 Å². The minimum atomic E-state index is -0.564. The summed E-state index contributed by atoms with van der Waals surface area (Å²) in [6.45, 7) is 7.53. The summed E-state index contributed by atoms with van der Waals surface area (Å²) < 4.78 is 11.1. The molecule has 1 aromatic carbocycles. The number of hydrogen-bond acceptors (Lipinski definition) is 4. The first kappa shape index (κ1) is 21.1. The zero-order valence-corrected chi connectivity index (χ0v) is 17.0. The molecule has 2 unspecified atom stereocenters. The molecule has 0 spiro atoms. The van der Waals surface area contributed by atoms with E-state index in [9.17, 15) is 9.59 Å². The number of carbonyl (C=O) groups is 2. The van der Waals surface area contributed by atoms with E-state index in [1.165, 1.54) is 0 Å². The largest absolute Gasteiger partial charge is 0.493 e. The number of nitrogens with one attached hydrogen (secondary N) is 2. The van der Waals surface area contributed by atoms with Crippen LogP contribution in [0.15, 0.2) is 18.2 Å². The maximum Gasteiger partial charge on any atom is 0.242 e. The fourth-order valence-corrected chi connectivity index (χ4v) is 3.31. The first-order chi connectivity index (χ1) is 12.8. The smallest absolute Gasteiger partial charge is 0.242 e. The monoisotopic (exact) mass is 376 g/mol. The van der Waals surface area contributed by atoms with E-state index in [2.05, 4.69) is 10.6 Å². The molecule has 6 heteroatoms. The Morgan fingerprint density at radius 2 is 1.70 bits per heavy atom. The van der Waals surface area contributed by atoms with Gasteiger partial charge in [0.2, 0.25) is 11.8 Å². The molecule has 150 valence electrons. The number of ether oxygens (including phenoxy) is 2. The molecule has 1 aliphatic rings. The third-order valence-electron chi connectivity index (χ3n) is 4.89. The summed E-state index contributed by atoms with van der Waals surface area (Å²) in [6.07, 6.45) is 4.07. The van der Waals surface area contributed by atoms with Crippen molar-refractivity contribution < 1.29 is 19.1 Å². The lowest BCUT2D eigenvalue weighted by molar-refractivity contribution is -0.131. The van der Waals surface area contributed by atoms with Gasteiger partial charge in [-0.2, -0.15) is 0 Å². The van der Waals surface area contributed by atoms with E-state index < -0.39 is 6.04 Å². The Hall–Kier alpha value is -2.24. The Morgan fingerprint density at radius 1 is 1.04 bits per heavy atom. The fourth-order valence-electron chi connectivity index (χ4n) is 3.31. The van der Waals surface area contributed by atoms with Gasteiger partial charge in [0.15, 0.2) is 11.5 Å². The lowest BCUT2D eigenvalue weighted by Gasteiger charge is -2.21. The van der Waals surface area contributed by atoms with Crippen molar-refractivity contribution in [3.8, 4) is 11.5 Å². The molecule has 27 heavy (non-hydrogen) atoms. The highest BCUT2D eigenvalue weighted by molar-refractivity contribution is 5.88. The highest BCUT2D eigenvalue weighted by Gasteiger charge is 2.26. The lowest BCUT2D eigenvalue weighted by Crippen LogP contribution is -2.47. The minimum Gasteiger partial charge on any atom is -0.493 e. The zero-order chi connectivity index (χ0) is 20.0. The van der Waals surface area contributed by atoms with Crippen LogP contribution >= 0.6 is 0 Å². The molecular weight excluding hydrogens is 344 g/mol. The molecule has 2 amide bonds. The average Bonchev–Trinajstić information content (AvgIpc) is 3.16. The van der Waals surface area contributed by atoms with Crippen LogP contribution in [-0.2, 0) is 9.59 Å². The predicted octanol–water partition coefficient (Wildman–Crippen LogP) is 3.35. The molecule has 0 aliphatic heterocycles. The molecule has 2 atom stereocenters. The number of hydrogen-bond donors (Lipinski definition) is 2. The molecule has 1 aliphatic carbocycles. The van der Waals surface area contributed by atoms with E-state index in [-0.39, 0.29) is 29.9 Å². The number of rotatable bonds is 8. The van der Waals surface area contributed by atoms with Crippen molar-refractivity contribution in [2.24, 2.45) is 5.92 Å². The van der Waals surface area contributed by atoms with E-state index in [0.29, 0.717) is 11.5 Å². The zero-order valence-electron chi connectivity index (χ0n) is 17.0. The predicted molar refractivity (Wildman–Crippen MR) is 105 cm³/mol. The third-order valence-corrected chi connectivity index (χ3v) is 4.89. The van der Waals surface area contributed by atoms with Crippen molar-refractivity contribution in [1.29, 1.82) is 0 Å². The molecule has 0 radical (unpaired) electrons. The highest BCUT2D eigenvalue weighted by Crippen LogP contribution is 2.31. The standard InChI is InChI=1S/C21H32N2O4/c1-13(2)27-18-11-10-17(12-19(18)26-5)14(3)22-20(24)15(4)23-21(25)16-8-6-7-9-16/h10-16H,6-9H2,1-5H3,(H,22,24)(H,23,25). The van der Waals surface area contributed by atoms with E-state index in [4.69, 9.17) is 9.47 Å². The Bertz CT molecular complexity index is 654. The first-order valence-corrected chi connectivity index (χ1v) is 9.77. The number of carbonyl (C=O) groups excluding carboxylic acids is 2.